The van der Waals surface area contributed by atoms with E-state index in [0.29, 0.717) is 28.0 Å². The van der Waals surface area contributed by atoms with Crippen molar-refractivity contribution < 1.29 is 18.7 Å². The average Bonchev–Trinajstić information content (AvgIpc) is 2.51. The van der Waals surface area contributed by atoms with Gasteiger partial charge >= 0.3 is 5.63 Å². The minimum Gasteiger partial charge on any atom is -0.495 e. The van der Waals surface area contributed by atoms with Gasteiger partial charge in [0.2, 0.25) is 0 Å². The van der Waals surface area contributed by atoms with Crippen molar-refractivity contribution in [3.05, 3.63) is 33.7 Å². The third-order valence-corrected chi connectivity index (χ3v) is 4.99. The normalized spacial score (nSPS) is 16.5. The second-order valence-electron chi connectivity index (χ2n) is 7.81. The number of hydrogen-bond donors (Lipinski definition) is 0. The molecule has 25 heavy (non-hydrogen) atoms. The maximum atomic E-state index is 12.9. The lowest BCUT2D eigenvalue weighted by molar-refractivity contribution is 0.0602. The number of ether oxygens (including phenoxy) is 2. The molecule has 5 nitrogen and oxygen atoms in total. The summed E-state index contributed by atoms with van der Waals surface area (Å²) in [5, 5.41) is 0.619. The van der Waals surface area contributed by atoms with Crippen LogP contribution in [0, 0.1) is 0 Å². The third kappa shape index (κ3) is 2.71. The Bertz CT molecular complexity index is 918. The number of benzene rings is 1. The van der Waals surface area contributed by atoms with Crippen LogP contribution in [-0.2, 0) is 5.41 Å². The minimum atomic E-state index is -0.629. The van der Waals surface area contributed by atoms with E-state index in [2.05, 4.69) is 20.8 Å². The summed E-state index contributed by atoms with van der Waals surface area (Å²) >= 11 is 0. The molecule has 1 aromatic carbocycles. The molecule has 0 radical (unpaired) electrons. The molecule has 134 valence electrons. The van der Waals surface area contributed by atoms with Crippen LogP contribution < -0.4 is 15.1 Å². The maximum absolute atomic E-state index is 12.9. The summed E-state index contributed by atoms with van der Waals surface area (Å²) in [6.07, 6.45) is 1.06. The van der Waals surface area contributed by atoms with Gasteiger partial charge in [-0.1, -0.05) is 20.8 Å². The zero-order chi connectivity index (χ0) is 18.6. The lowest BCUT2D eigenvalue weighted by Crippen LogP contribution is -2.38. The molecular weight excluding hydrogens is 320 g/mol. The fraction of sp³-hybridized carbons (Fsp3) is 0.500. The van der Waals surface area contributed by atoms with Crippen LogP contribution in [0.15, 0.2) is 21.3 Å². The van der Waals surface area contributed by atoms with E-state index >= 15 is 0 Å². The van der Waals surface area contributed by atoms with Crippen molar-refractivity contribution >= 4 is 16.8 Å². The van der Waals surface area contributed by atoms with Crippen molar-refractivity contribution in [2.45, 2.75) is 58.5 Å². The summed E-state index contributed by atoms with van der Waals surface area (Å²) in [6.45, 7) is 9.93. The molecule has 0 aliphatic carbocycles. The number of hydrogen-bond acceptors (Lipinski definition) is 5. The Labute approximate surface area is 146 Å². The molecular formula is C20H24O5. The zero-order valence-electron chi connectivity index (χ0n) is 15.6. The van der Waals surface area contributed by atoms with Crippen molar-refractivity contribution in [1.29, 1.82) is 0 Å². The van der Waals surface area contributed by atoms with Gasteiger partial charge in [-0.15, -0.1) is 0 Å². The van der Waals surface area contributed by atoms with Crippen LogP contribution in [0.1, 0.15) is 63.4 Å². The van der Waals surface area contributed by atoms with Gasteiger partial charge in [0.1, 0.15) is 28.2 Å². The largest absolute Gasteiger partial charge is 0.495 e. The molecule has 0 unspecified atom stereocenters. The van der Waals surface area contributed by atoms with Crippen molar-refractivity contribution in [3.63, 3.8) is 0 Å². The Morgan fingerprint density at radius 1 is 1.24 bits per heavy atom. The van der Waals surface area contributed by atoms with Crippen LogP contribution in [0.25, 0.3) is 11.0 Å². The predicted molar refractivity (Wildman–Crippen MR) is 96.0 cm³/mol. The highest BCUT2D eigenvalue weighted by Crippen LogP contribution is 2.50. The average molecular weight is 344 g/mol. The van der Waals surface area contributed by atoms with Crippen LogP contribution in [0.3, 0.4) is 0 Å². The van der Waals surface area contributed by atoms with Gasteiger partial charge in [0, 0.05) is 11.6 Å². The molecule has 0 saturated carbocycles. The topological polar surface area (TPSA) is 65.7 Å². The first-order valence-electron chi connectivity index (χ1n) is 8.52. The molecule has 0 amide bonds. The summed E-state index contributed by atoms with van der Waals surface area (Å²) < 4.78 is 17.3. The summed E-state index contributed by atoms with van der Waals surface area (Å²) in [4.78, 5) is 24.8. The number of ketones is 1. The lowest BCUT2D eigenvalue weighted by atomic mass is 9.77. The summed E-state index contributed by atoms with van der Waals surface area (Å²) in [7, 11) is 1.51. The summed E-state index contributed by atoms with van der Waals surface area (Å²) in [6, 6.07) is 3.00. The molecule has 0 fully saturated rings. The Kier molecular flexibility index (Phi) is 3.93. The highest BCUT2D eigenvalue weighted by atomic mass is 16.5. The van der Waals surface area contributed by atoms with Crippen molar-refractivity contribution in [3.8, 4) is 11.5 Å². The third-order valence-electron chi connectivity index (χ3n) is 4.99. The summed E-state index contributed by atoms with van der Waals surface area (Å²) in [5.41, 5.74) is 0.208. The van der Waals surface area contributed by atoms with Gasteiger partial charge in [-0.2, -0.15) is 0 Å². The first kappa shape index (κ1) is 17.5. The molecule has 3 rings (SSSR count). The SMILES string of the molecule is CCC(C)(C)c1c2c(c(OC)c3ccc(=O)oc13)C(=O)CC(C)(C)O2. The van der Waals surface area contributed by atoms with Crippen LogP contribution in [0.4, 0.5) is 0 Å². The minimum absolute atomic E-state index is 0.0237. The van der Waals surface area contributed by atoms with E-state index in [1.807, 2.05) is 13.8 Å². The van der Waals surface area contributed by atoms with E-state index < -0.39 is 11.2 Å². The highest BCUT2D eigenvalue weighted by molar-refractivity contribution is 6.09. The van der Waals surface area contributed by atoms with E-state index in [-0.39, 0.29) is 17.6 Å². The van der Waals surface area contributed by atoms with Crippen LogP contribution in [-0.4, -0.2) is 18.5 Å². The number of Topliss-reactive ketones (excluding diaryl/α,β-unsaturated/α-hetero) is 1. The molecule has 1 aliphatic rings. The van der Waals surface area contributed by atoms with Crippen LogP contribution in [0.2, 0.25) is 0 Å². The predicted octanol–water partition coefficient (Wildman–Crippen LogP) is 4.23. The standard InChI is InChI=1S/C20H24O5/c1-7-19(2,3)15-17-11(8-9-13(22)24-17)16(23-6)14-12(21)10-20(4,5)25-18(14)15/h8-9H,7,10H2,1-6H3. The maximum Gasteiger partial charge on any atom is 0.336 e. The van der Waals surface area contributed by atoms with Crippen molar-refractivity contribution in [2.24, 2.45) is 0 Å². The molecule has 2 aromatic rings. The zero-order valence-corrected chi connectivity index (χ0v) is 15.6. The molecule has 0 spiro atoms. The van der Waals surface area contributed by atoms with E-state index in [9.17, 15) is 9.59 Å². The van der Waals surface area contributed by atoms with E-state index in [0.717, 1.165) is 12.0 Å². The smallest absolute Gasteiger partial charge is 0.336 e. The molecule has 0 N–H and O–H groups in total. The first-order valence-corrected chi connectivity index (χ1v) is 8.52. The van der Waals surface area contributed by atoms with Gasteiger partial charge in [0.05, 0.1) is 18.9 Å². The number of carbonyl (C=O) groups excluding carboxylic acids is 1. The van der Waals surface area contributed by atoms with Gasteiger partial charge in [0.15, 0.2) is 5.78 Å². The number of carbonyl (C=O) groups is 1. The lowest BCUT2D eigenvalue weighted by Gasteiger charge is -2.37. The van der Waals surface area contributed by atoms with Crippen LogP contribution in [0.5, 0.6) is 11.5 Å². The monoisotopic (exact) mass is 344 g/mol. The van der Waals surface area contributed by atoms with Crippen molar-refractivity contribution in [2.75, 3.05) is 7.11 Å². The molecule has 0 saturated heterocycles. The second kappa shape index (κ2) is 5.61. The molecule has 0 atom stereocenters. The quantitative estimate of drug-likeness (QED) is 0.780. The Hall–Kier alpha value is -2.30. The Balaban J connectivity index is 2.56. The molecule has 1 aliphatic heterocycles. The second-order valence-corrected chi connectivity index (χ2v) is 7.81. The van der Waals surface area contributed by atoms with Crippen molar-refractivity contribution in [1.82, 2.24) is 0 Å². The highest BCUT2D eigenvalue weighted by Gasteiger charge is 2.41. The Morgan fingerprint density at radius 2 is 1.92 bits per heavy atom. The van der Waals surface area contributed by atoms with Gasteiger partial charge in [-0.3, -0.25) is 4.79 Å². The molecule has 1 aromatic heterocycles. The number of rotatable bonds is 3. The number of fused-ring (bicyclic) bond motifs is 2. The van der Waals surface area contributed by atoms with E-state index in [1.165, 1.54) is 13.2 Å². The van der Waals surface area contributed by atoms with E-state index in [1.54, 1.807) is 6.07 Å². The van der Waals surface area contributed by atoms with Gasteiger partial charge in [-0.05, 0) is 31.7 Å². The molecule has 5 heteroatoms. The van der Waals surface area contributed by atoms with E-state index in [4.69, 9.17) is 13.9 Å². The van der Waals surface area contributed by atoms with Gasteiger partial charge in [0.25, 0.3) is 0 Å². The fourth-order valence-corrected chi connectivity index (χ4v) is 3.39. The molecule has 0 bridgehead atoms. The summed E-state index contributed by atoms with van der Waals surface area (Å²) in [5.74, 6) is 0.862. The van der Waals surface area contributed by atoms with Gasteiger partial charge < -0.3 is 13.9 Å². The fourth-order valence-electron chi connectivity index (χ4n) is 3.39. The molecule has 2 heterocycles. The van der Waals surface area contributed by atoms with Gasteiger partial charge in [-0.25, -0.2) is 4.79 Å². The van der Waals surface area contributed by atoms with Crippen LogP contribution >= 0.6 is 0 Å². The first-order chi connectivity index (χ1) is 11.6. The Morgan fingerprint density at radius 3 is 2.52 bits per heavy atom. The number of methoxy groups -OCH3 is 1.